The van der Waals surface area contributed by atoms with E-state index in [1.54, 1.807) is 4.90 Å². The van der Waals surface area contributed by atoms with Crippen LogP contribution in [0.3, 0.4) is 0 Å². The molecule has 3 unspecified atom stereocenters. The molecule has 1 rings (SSSR count). The standard InChI is InChI=1S/C46H82N2O5/c1-5-9-13-17-19-26-32-41(30-24-15-11-7-3)45(50)52-36-34-48(44(49)39-43(47)38-40-28-22-21-23-29-40)35-37-53-46(51)42(31-25-16-12-8-4)33-27-20-18-14-10-6-2/h21-23,28-29,41-43H,5-20,24-27,30-39,47H2,1-4H3/p+1. The number of rotatable bonds is 36. The van der Waals surface area contributed by atoms with Gasteiger partial charge in [-0.3, -0.25) is 14.4 Å². The number of unbranched alkanes of at least 4 members (excludes halogenated alkanes) is 16. The Bertz CT molecular complexity index is 968. The Kier molecular flexibility index (Phi) is 31.3. The van der Waals surface area contributed by atoms with E-state index in [0.29, 0.717) is 6.42 Å². The van der Waals surface area contributed by atoms with E-state index in [-0.39, 0.29) is 68.4 Å². The third kappa shape index (κ3) is 26.1. The second-order valence-electron chi connectivity index (χ2n) is 15.7. The number of hydrogen-bond acceptors (Lipinski definition) is 5. The fourth-order valence-electron chi connectivity index (χ4n) is 7.24. The maximum absolute atomic E-state index is 13.7. The summed E-state index contributed by atoms with van der Waals surface area (Å²) in [5, 5.41) is 0. The Hall–Kier alpha value is -2.41. The Morgan fingerprint density at radius 3 is 1.30 bits per heavy atom. The van der Waals surface area contributed by atoms with Gasteiger partial charge in [0, 0.05) is 6.42 Å². The highest BCUT2D eigenvalue weighted by Gasteiger charge is 2.24. The SMILES string of the molecule is CCCCCCCCC(CCCCCC)C(=O)OCCN(CCOC(=O)C(CCCCCC)CCCCCCCC)C(=O)CC([NH3+])Cc1ccccc1. The summed E-state index contributed by atoms with van der Waals surface area (Å²) in [6.45, 7) is 9.76. The largest absolute Gasteiger partial charge is 0.464 e. The molecule has 0 spiro atoms. The molecule has 53 heavy (non-hydrogen) atoms. The monoisotopic (exact) mass is 744 g/mol. The zero-order chi connectivity index (χ0) is 38.8. The van der Waals surface area contributed by atoms with Gasteiger partial charge in [-0.1, -0.05) is 186 Å². The minimum absolute atomic E-state index is 0.0422. The fraction of sp³-hybridized carbons (Fsp3) is 0.804. The average Bonchev–Trinajstić information content (AvgIpc) is 3.15. The van der Waals surface area contributed by atoms with Gasteiger partial charge in [0.2, 0.25) is 5.91 Å². The molecule has 7 heteroatoms. The van der Waals surface area contributed by atoms with Crippen LogP contribution in [0.25, 0.3) is 0 Å². The summed E-state index contributed by atoms with van der Waals surface area (Å²) >= 11 is 0. The minimum Gasteiger partial charge on any atom is -0.464 e. The molecular formula is C46H83N2O5+. The summed E-state index contributed by atoms with van der Waals surface area (Å²) in [5.41, 5.74) is 5.44. The van der Waals surface area contributed by atoms with Crippen LogP contribution in [0.4, 0.5) is 0 Å². The van der Waals surface area contributed by atoms with Crippen LogP contribution in [-0.2, 0) is 30.3 Å². The van der Waals surface area contributed by atoms with Crippen molar-refractivity contribution in [1.29, 1.82) is 0 Å². The molecule has 0 aliphatic carbocycles. The maximum Gasteiger partial charge on any atom is 0.308 e. The van der Waals surface area contributed by atoms with Crippen molar-refractivity contribution in [2.24, 2.45) is 11.8 Å². The first-order valence-electron chi connectivity index (χ1n) is 22.3. The van der Waals surface area contributed by atoms with Gasteiger partial charge in [-0.05, 0) is 31.2 Å². The van der Waals surface area contributed by atoms with Crippen molar-refractivity contribution in [2.45, 2.75) is 201 Å². The highest BCUT2D eigenvalue weighted by atomic mass is 16.5. The summed E-state index contributed by atoms with van der Waals surface area (Å²) in [7, 11) is 0. The van der Waals surface area contributed by atoms with E-state index in [0.717, 1.165) is 82.6 Å². The normalized spacial score (nSPS) is 13.0. The topological polar surface area (TPSA) is 101 Å². The molecule has 7 nitrogen and oxygen atoms in total. The predicted molar refractivity (Wildman–Crippen MR) is 220 cm³/mol. The lowest BCUT2D eigenvalue weighted by Gasteiger charge is -2.25. The summed E-state index contributed by atoms with van der Waals surface area (Å²) in [5.74, 6) is -0.472. The first kappa shape index (κ1) is 48.6. The molecule has 0 saturated carbocycles. The van der Waals surface area contributed by atoms with E-state index >= 15 is 0 Å². The van der Waals surface area contributed by atoms with Crippen LogP contribution >= 0.6 is 0 Å². The van der Waals surface area contributed by atoms with Crippen molar-refractivity contribution in [1.82, 2.24) is 4.90 Å². The molecule has 0 heterocycles. The molecule has 1 amide bonds. The lowest BCUT2D eigenvalue weighted by molar-refractivity contribution is -0.418. The highest BCUT2D eigenvalue weighted by molar-refractivity contribution is 5.77. The third-order valence-electron chi connectivity index (χ3n) is 10.7. The number of carbonyl (C=O) groups is 3. The molecule has 0 aliphatic heterocycles. The zero-order valence-corrected chi connectivity index (χ0v) is 35.0. The summed E-state index contributed by atoms with van der Waals surface area (Å²) in [4.78, 5) is 42.1. The Balaban J connectivity index is 2.85. The van der Waals surface area contributed by atoms with Crippen molar-refractivity contribution in [3.05, 3.63) is 35.9 Å². The number of carbonyl (C=O) groups excluding carboxylic acids is 3. The minimum atomic E-state index is -0.131. The van der Waals surface area contributed by atoms with Gasteiger partial charge >= 0.3 is 11.9 Å². The highest BCUT2D eigenvalue weighted by Crippen LogP contribution is 2.22. The summed E-state index contributed by atoms with van der Waals surface area (Å²) < 4.78 is 11.8. The third-order valence-corrected chi connectivity index (χ3v) is 10.7. The van der Waals surface area contributed by atoms with Crippen molar-refractivity contribution in [3.63, 3.8) is 0 Å². The molecule has 0 fully saturated rings. The molecule has 0 saturated heterocycles. The molecule has 3 atom stereocenters. The Morgan fingerprint density at radius 2 is 0.906 bits per heavy atom. The van der Waals surface area contributed by atoms with Crippen molar-refractivity contribution in [3.8, 4) is 0 Å². The fourth-order valence-corrected chi connectivity index (χ4v) is 7.24. The first-order chi connectivity index (χ1) is 25.9. The van der Waals surface area contributed by atoms with Crippen LogP contribution in [0.5, 0.6) is 0 Å². The number of amides is 1. The van der Waals surface area contributed by atoms with Crippen molar-refractivity contribution >= 4 is 17.8 Å². The quantitative estimate of drug-likeness (QED) is 0.0545. The van der Waals surface area contributed by atoms with Gasteiger partial charge in [0.15, 0.2) is 0 Å². The molecule has 0 aliphatic rings. The maximum atomic E-state index is 13.7. The van der Waals surface area contributed by atoms with Crippen LogP contribution in [0.1, 0.15) is 194 Å². The lowest BCUT2D eigenvalue weighted by Crippen LogP contribution is -2.63. The number of hydrogen-bond donors (Lipinski definition) is 1. The van der Waals surface area contributed by atoms with Crippen LogP contribution in [0.2, 0.25) is 0 Å². The second-order valence-corrected chi connectivity index (χ2v) is 15.7. The van der Waals surface area contributed by atoms with E-state index in [1.165, 1.54) is 77.0 Å². The number of benzene rings is 1. The second kappa shape index (κ2) is 34.1. The molecular weight excluding hydrogens is 661 g/mol. The molecule has 0 radical (unpaired) electrons. The molecule has 306 valence electrons. The van der Waals surface area contributed by atoms with Gasteiger partial charge in [-0.2, -0.15) is 0 Å². The smallest absolute Gasteiger partial charge is 0.308 e. The molecule has 3 N–H and O–H groups in total. The van der Waals surface area contributed by atoms with Gasteiger partial charge in [-0.25, -0.2) is 0 Å². The van der Waals surface area contributed by atoms with Crippen LogP contribution < -0.4 is 5.73 Å². The molecule has 0 bridgehead atoms. The van der Waals surface area contributed by atoms with Gasteiger partial charge in [0.25, 0.3) is 0 Å². The Morgan fingerprint density at radius 1 is 0.547 bits per heavy atom. The van der Waals surface area contributed by atoms with Gasteiger partial charge in [0.1, 0.15) is 13.2 Å². The summed E-state index contributed by atoms with van der Waals surface area (Å²) in [6, 6.07) is 10.0. The van der Waals surface area contributed by atoms with Crippen LogP contribution in [-0.4, -0.2) is 55.1 Å². The van der Waals surface area contributed by atoms with E-state index in [1.807, 2.05) is 18.2 Å². The van der Waals surface area contributed by atoms with Gasteiger partial charge in [0.05, 0.1) is 37.4 Å². The van der Waals surface area contributed by atoms with Crippen molar-refractivity contribution < 1.29 is 29.6 Å². The van der Waals surface area contributed by atoms with Crippen molar-refractivity contribution in [2.75, 3.05) is 26.3 Å². The van der Waals surface area contributed by atoms with E-state index in [4.69, 9.17) is 9.47 Å². The zero-order valence-electron chi connectivity index (χ0n) is 35.0. The lowest BCUT2D eigenvalue weighted by atomic mass is 9.94. The van der Waals surface area contributed by atoms with E-state index < -0.39 is 0 Å². The van der Waals surface area contributed by atoms with E-state index in [9.17, 15) is 14.4 Å². The van der Waals surface area contributed by atoms with E-state index in [2.05, 4.69) is 45.6 Å². The number of esters is 2. The van der Waals surface area contributed by atoms with Gasteiger partial charge < -0.3 is 20.1 Å². The number of ether oxygens (including phenoxy) is 2. The predicted octanol–water partition coefficient (Wildman–Crippen LogP) is 10.8. The average molecular weight is 744 g/mol. The molecule has 1 aromatic carbocycles. The number of nitrogens with zero attached hydrogens (tertiary/aromatic N) is 1. The Labute approximate surface area is 326 Å². The van der Waals surface area contributed by atoms with Gasteiger partial charge in [-0.15, -0.1) is 0 Å². The molecule has 0 aromatic heterocycles. The first-order valence-corrected chi connectivity index (χ1v) is 22.3. The van der Waals surface area contributed by atoms with Crippen LogP contribution in [0.15, 0.2) is 30.3 Å². The summed E-state index contributed by atoms with van der Waals surface area (Å²) in [6.07, 6.45) is 28.0. The molecule has 1 aromatic rings. The van der Waals surface area contributed by atoms with Crippen LogP contribution in [0, 0.1) is 11.8 Å². The number of quaternary nitrogens is 1.